The van der Waals surface area contributed by atoms with Crippen molar-refractivity contribution < 1.29 is 14.3 Å². The number of amides is 3. The van der Waals surface area contributed by atoms with Crippen LogP contribution in [0.2, 0.25) is 0 Å². The summed E-state index contributed by atoms with van der Waals surface area (Å²) < 4.78 is 5.23. The van der Waals surface area contributed by atoms with E-state index < -0.39 is 0 Å². The average molecular weight is 360 g/mol. The van der Waals surface area contributed by atoms with Crippen LogP contribution in [0.25, 0.3) is 0 Å². The summed E-state index contributed by atoms with van der Waals surface area (Å²) >= 11 is 0. The predicted molar refractivity (Wildman–Crippen MR) is 98.7 cm³/mol. The molecule has 1 aromatic carbocycles. The Morgan fingerprint density at radius 2 is 1.62 bits per heavy atom. The third-order valence-corrected chi connectivity index (χ3v) is 4.89. The number of nitrogens with one attached hydrogen (secondary N) is 1. The van der Waals surface area contributed by atoms with E-state index in [1.54, 1.807) is 4.90 Å². The third-order valence-electron chi connectivity index (χ3n) is 4.89. The third kappa shape index (κ3) is 5.44. The molecule has 7 nitrogen and oxygen atoms in total. The Hall–Kier alpha value is -2.12. The molecule has 1 N–H and O–H groups in total. The highest BCUT2D eigenvalue weighted by Gasteiger charge is 2.21. The molecule has 2 saturated heterocycles. The number of morpholine rings is 1. The molecular formula is C19H28N4O3. The molecule has 142 valence electrons. The largest absolute Gasteiger partial charge is 0.378 e. The summed E-state index contributed by atoms with van der Waals surface area (Å²) in [5.41, 5.74) is 1.30. The molecule has 2 aliphatic rings. The highest BCUT2D eigenvalue weighted by molar-refractivity contribution is 5.78. The van der Waals surface area contributed by atoms with Crippen LogP contribution in [-0.2, 0) is 16.1 Å². The molecule has 0 unspecified atom stereocenters. The SMILES string of the molecule is O=C(CCNC(=O)N1CCOCC1)N1CCN(Cc2ccccc2)CC1. The van der Waals surface area contributed by atoms with Gasteiger partial charge in [-0.3, -0.25) is 9.69 Å². The van der Waals surface area contributed by atoms with Gasteiger partial charge in [-0.1, -0.05) is 30.3 Å². The van der Waals surface area contributed by atoms with Crippen molar-refractivity contribution in [2.24, 2.45) is 0 Å². The molecule has 0 radical (unpaired) electrons. The Kier molecular flexibility index (Phi) is 6.85. The van der Waals surface area contributed by atoms with Crippen LogP contribution in [0, 0.1) is 0 Å². The summed E-state index contributed by atoms with van der Waals surface area (Å²) in [6.07, 6.45) is 0.356. The van der Waals surface area contributed by atoms with Gasteiger partial charge in [0.2, 0.25) is 5.91 Å². The lowest BCUT2D eigenvalue weighted by atomic mass is 10.2. The number of urea groups is 1. The molecule has 2 fully saturated rings. The Morgan fingerprint density at radius 3 is 2.31 bits per heavy atom. The fourth-order valence-electron chi connectivity index (χ4n) is 3.31. The van der Waals surface area contributed by atoms with Crippen molar-refractivity contribution in [1.82, 2.24) is 20.0 Å². The lowest BCUT2D eigenvalue weighted by Gasteiger charge is -2.35. The number of carbonyl (C=O) groups is 2. The minimum Gasteiger partial charge on any atom is -0.378 e. The zero-order chi connectivity index (χ0) is 18.2. The summed E-state index contributed by atoms with van der Waals surface area (Å²) in [7, 11) is 0. The summed E-state index contributed by atoms with van der Waals surface area (Å²) in [5, 5.41) is 2.84. The fourth-order valence-corrected chi connectivity index (χ4v) is 3.31. The number of carbonyl (C=O) groups excluding carboxylic acids is 2. The van der Waals surface area contributed by atoms with Gasteiger partial charge < -0.3 is 19.9 Å². The molecule has 3 amide bonds. The topological polar surface area (TPSA) is 65.1 Å². The molecule has 3 rings (SSSR count). The van der Waals surface area contributed by atoms with Gasteiger partial charge in [0.1, 0.15) is 0 Å². The van der Waals surface area contributed by atoms with E-state index in [0.29, 0.717) is 39.3 Å². The Morgan fingerprint density at radius 1 is 0.923 bits per heavy atom. The molecule has 0 aromatic heterocycles. The number of hydrogen-bond donors (Lipinski definition) is 1. The summed E-state index contributed by atoms with van der Waals surface area (Å²) in [5.74, 6) is 0.117. The molecular weight excluding hydrogens is 332 g/mol. The smallest absolute Gasteiger partial charge is 0.317 e. The van der Waals surface area contributed by atoms with Crippen molar-refractivity contribution in [2.75, 3.05) is 59.0 Å². The van der Waals surface area contributed by atoms with E-state index in [1.165, 1.54) is 5.56 Å². The van der Waals surface area contributed by atoms with Crippen LogP contribution < -0.4 is 5.32 Å². The minimum atomic E-state index is -0.103. The lowest BCUT2D eigenvalue weighted by molar-refractivity contribution is -0.132. The lowest BCUT2D eigenvalue weighted by Crippen LogP contribution is -2.49. The molecule has 0 saturated carbocycles. The quantitative estimate of drug-likeness (QED) is 0.842. The normalized spacial score (nSPS) is 18.6. The van der Waals surface area contributed by atoms with E-state index in [9.17, 15) is 9.59 Å². The van der Waals surface area contributed by atoms with Gasteiger partial charge in [0.25, 0.3) is 0 Å². The number of rotatable bonds is 5. The van der Waals surface area contributed by atoms with Crippen molar-refractivity contribution in [3.8, 4) is 0 Å². The number of nitrogens with zero attached hydrogens (tertiary/aromatic N) is 3. The summed E-state index contributed by atoms with van der Waals surface area (Å²) in [6, 6.07) is 10.3. The van der Waals surface area contributed by atoms with E-state index in [1.807, 2.05) is 11.0 Å². The predicted octanol–water partition coefficient (Wildman–Crippen LogP) is 0.763. The molecule has 26 heavy (non-hydrogen) atoms. The molecule has 2 heterocycles. The van der Waals surface area contributed by atoms with Gasteiger partial charge in [0.05, 0.1) is 13.2 Å². The standard InChI is InChI=1S/C19H28N4O3/c24-18(6-7-20-19(25)23-12-14-26-15-13-23)22-10-8-21(9-11-22)16-17-4-2-1-3-5-17/h1-5H,6-16H2,(H,20,25). The van der Waals surface area contributed by atoms with Gasteiger partial charge in [0.15, 0.2) is 0 Å². The van der Waals surface area contributed by atoms with Gasteiger partial charge in [0, 0.05) is 58.8 Å². The molecule has 0 spiro atoms. The van der Waals surface area contributed by atoms with Crippen molar-refractivity contribution in [3.63, 3.8) is 0 Å². The highest BCUT2D eigenvalue weighted by Crippen LogP contribution is 2.09. The second-order valence-electron chi connectivity index (χ2n) is 6.72. The van der Waals surface area contributed by atoms with Crippen LogP contribution in [-0.4, -0.2) is 85.7 Å². The van der Waals surface area contributed by atoms with Crippen LogP contribution in [0.1, 0.15) is 12.0 Å². The minimum absolute atomic E-state index is 0.103. The second kappa shape index (κ2) is 9.54. The van der Waals surface area contributed by atoms with Crippen LogP contribution in [0.3, 0.4) is 0 Å². The van der Waals surface area contributed by atoms with Gasteiger partial charge in [-0.25, -0.2) is 4.79 Å². The maximum atomic E-state index is 12.3. The molecule has 2 aliphatic heterocycles. The Balaban J connectivity index is 1.32. The van der Waals surface area contributed by atoms with E-state index >= 15 is 0 Å². The van der Waals surface area contributed by atoms with E-state index in [0.717, 1.165) is 32.7 Å². The first-order valence-corrected chi connectivity index (χ1v) is 9.37. The van der Waals surface area contributed by atoms with Crippen LogP contribution in [0.15, 0.2) is 30.3 Å². The number of benzene rings is 1. The van der Waals surface area contributed by atoms with E-state index in [-0.39, 0.29) is 11.9 Å². The van der Waals surface area contributed by atoms with E-state index in [4.69, 9.17) is 4.74 Å². The first kappa shape index (κ1) is 18.7. The molecule has 0 atom stereocenters. The van der Waals surface area contributed by atoms with Crippen molar-refractivity contribution in [3.05, 3.63) is 35.9 Å². The zero-order valence-corrected chi connectivity index (χ0v) is 15.2. The molecule has 1 aromatic rings. The van der Waals surface area contributed by atoms with Gasteiger partial charge in [-0.2, -0.15) is 0 Å². The first-order chi connectivity index (χ1) is 12.7. The van der Waals surface area contributed by atoms with Crippen LogP contribution in [0.5, 0.6) is 0 Å². The molecule has 0 bridgehead atoms. The Bertz CT molecular complexity index is 582. The summed E-state index contributed by atoms with van der Waals surface area (Å²) in [6.45, 7) is 7.00. The van der Waals surface area contributed by atoms with Crippen LogP contribution >= 0.6 is 0 Å². The Labute approximate surface area is 154 Å². The van der Waals surface area contributed by atoms with Crippen molar-refractivity contribution in [2.45, 2.75) is 13.0 Å². The highest BCUT2D eigenvalue weighted by atomic mass is 16.5. The maximum absolute atomic E-state index is 12.3. The van der Waals surface area contributed by atoms with Crippen molar-refractivity contribution in [1.29, 1.82) is 0 Å². The van der Waals surface area contributed by atoms with Crippen molar-refractivity contribution >= 4 is 11.9 Å². The molecule has 0 aliphatic carbocycles. The second-order valence-corrected chi connectivity index (χ2v) is 6.72. The van der Waals surface area contributed by atoms with E-state index in [2.05, 4.69) is 34.5 Å². The number of hydrogen-bond acceptors (Lipinski definition) is 4. The van der Waals surface area contributed by atoms with Crippen LogP contribution in [0.4, 0.5) is 4.79 Å². The summed E-state index contributed by atoms with van der Waals surface area (Å²) in [4.78, 5) is 30.4. The van der Waals surface area contributed by atoms with Gasteiger partial charge in [-0.05, 0) is 5.56 Å². The monoisotopic (exact) mass is 360 g/mol. The molecule has 7 heteroatoms. The van der Waals surface area contributed by atoms with Gasteiger partial charge >= 0.3 is 6.03 Å². The first-order valence-electron chi connectivity index (χ1n) is 9.37. The zero-order valence-electron chi connectivity index (χ0n) is 15.2. The number of ether oxygens (including phenoxy) is 1. The maximum Gasteiger partial charge on any atom is 0.317 e. The fraction of sp³-hybridized carbons (Fsp3) is 0.579. The average Bonchev–Trinajstić information content (AvgIpc) is 2.70. The number of piperazine rings is 1. The van der Waals surface area contributed by atoms with Gasteiger partial charge in [-0.15, -0.1) is 0 Å².